The Hall–Kier alpha value is -2.61. The zero-order chi connectivity index (χ0) is 17.9. The molecule has 0 saturated carbocycles. The molecule has 132 valence electrons. The molecule has 0 atom stereocenters. The fraction of sp³-hybridized carbons (Fsp3) is 0.294. The van der Waals surface area contributed by atoms with Gasteiger partial charge in [-0.15, -0.1) is 0 Å². The topological polar surface area (TPSA) is 59.0 Å². The van der Waals surface area contributed by atoms with Crippen molar-refractivity contribution in [2.45, 2.75) is 12.6 Å². The largest absolute Gasteiger partial charge is 0.435 e. The third kappa shape index (κ3) is 4.27. The molecule has 8 heteroatoms. The number of nitrogens with zero attached hydrogens (tertiary/aromatic N) is 2. The average molecular weight is 350 g/mol. The van der Waals surface area contributed by atoms with Gasteiger partial charge < -0.3 is 10.6 Å². The number of aromatic nitrogens is 2. The van der Waals surface area contributed by atoms with Crippen LogP contribution >= 0.6 is 0 Å². The van der Waals surface area contributed by atoms with Crippen LogP contribution in [0.25, 0.3) is 5.69 Å². The molecule has 1 aliphatic heterocycles. The molecule has 0 fully saturated rings. The molecule has 2 N–H and O–H groups in total. The molecule has 0 bridgehead atoms. The van der Waals surface area contributed by atoms with Crippen LogP contribution < -0.4 is 10.6 Å². The van der Waals surface area contributed by atoms with Crippen LogP contribution in [0.1, 0.15) is 22.5 Å². The summed E-state index contributed by atoms with van der Waals surface area (Å²) in [6.45, 7) is 2.14. The number of rotatable bonds is 4. The number of benzene rings is 1. The van der Waals surface area contributed by atoms with Crippen molar-refractivity contribution in [2.75, 3.05) is 19.6 Å². The summed E-state index contributed by atoms with van der Waals surface area (Å²) in [4.78, 5) is 12.3. The summed E-state index contributed by atoms with van der Waals surface area (Å²) in [5, 5.41) is 9.54. The van der Waals surface area contributed by atoms with E-state index in [2.05, 4.69) is 15.7 Å². The van der Waals surface area contributed by atoms with Crippen LogP contribution in [0.3, 0.4) is 0 Å². The van der Waals surface area contributed by atoms with Gasteiger partial charge in [0.25, 0.3) is 5.91 Å². The predicted molar refractivity (Wildman–Crippen MR) is 86.5 cm³/mol. The lowest BCUT2D eigenvalue weighted by Crippen LogP contribution is -2.29. The van der Waals surface area contributed by atoms with Gasteiger partial charge in [-0.05, 0) is 37.2 Å². The van der Waals surface area contributed by atoms with Crippen LogP contribution in [0.15, 0.2) is 48.2 Å². The highest BCUT2D eigenvalue weighted by Gasteiger charge is 2.33. The van der Waals surface area contributed by atoms with E-state index in [1.165, 1.54) is 12.3 Å². The second-order valence-corrected chi connectivity index (χ2v) is 5.69. The van der Waals surface area contributed by atoms with E-state index in [0.717, 1.165) is 35.8 Å². The van der Waals surface area contributed by atoms with Crippen molar-refractivity contribution in [1.82, 2.24) is 20.4 Å². The summed E-state index contributed by atoms with van der Waals surface area (Å²) < 4.78 is 39.1. The Morgan fingerprint density at radius 3 is 2.84 bits per heavy atom. The van der Waals surface area contributed by atoms with Crippen molar-refractivity contribution < 1.29 is 18.0 Å². The smallest absolute Gasteiger partial charge is 0.348 e. The lowest BCUT2D eigenvalue weighted by atomic mass is 10.1. The molecule has 1 amide bonds. The van der Waals surface area contributed by atoms with Gasteiger partial charge in [0.1, 0.15) is 0 Å². The second kappa shape index (κ2) is 7.10. The van der Waals surface area contributed by atoms with Crippen LogP contribution in [-0.2, 0) is 6.18 Å². The molecule has 0 aliphatic carbocycles. The van der Waals surface area contributed by atoms with E-state index in [-0.39, 0.29) is 5.91 Å². The van der Waals surface area contributed by atoms with Crippen LogP contribution in [0.2, 0.25) is 0 Å². The maximum atomic E-state index is 12.7. The molecule has 2 heterocycles. The molecule has 0 saturated heterocycles. The summed E-state index contributed by atoms with van der Waals surface area (Å²) in [5.74, 6) is -0.274. The summed E-state index contributed by atoms with van der Waals surface area (Å²) in [5.41, 5.74) is 0.950. The van der Waals surface area contributed by atoms with Gasteiger partial charge in [-0.2, -0.15) is 18.3 Å². The second-order valence-electron chi connectivity index (χ2n) is 5.69. The van der Waals surface area contributed by atoms with E-state index >= 15 is 0 Å². The molecular formula is C17H17F3N4O. The molecule has 5 nitrogen and oxygen atoms in total. The molecule has 3 rings (SSSR count). The minimum Gasteiger partial charge on any atom is -0.348 e. The first-order chi connectivity index (χ1) is 11.9. The first kappa shape index (κ1) is 17.2. The van der Waals surface area contributed by atoms with Crippen LogP contribution in [0, 0.1) is 0 Å². The van der Waals surface area contributed by atoms with E-state index in [1.54, 1.807) is 18.2 Å². The first-order valence-electron chi connectivity index (χ1n) is 7.83. The number of hydrogen-bond acceptors (Lipinski definition) is 3. The van der Waals surface area contributed by atoms with Crippen LogP contribution in [0.5, 0.6) is 0 Å². The summed E-state index contributed by atoms with van der Waals surface area (Å²) in [6.07, 6.45) is -0.348. The van der Waals surface area contributed by atoms with Gasteiger partial charge in [-0.3, -0.25) is 4.79 Å². The molecule has 1 aliphatic rings. The number of alkyl halides is 3. The minimum atomic E-state index is -4.50. The predicted octanol–water partition coefficient (Wildman–Crippen LogP) is 2.54. The number of carbonyl (C=O) groups excluding carboxylic acids is 1. The molecule has 1 aromatic carbocycles. The van der Waals surface area contributed by atoms with Gasteiger partial charge in [-0.1, -0.05) is 17.7 Å². The standard InChI is InChI=1S/C17H17F3N4O/c18-17(19,20)15-6-9-24(23-15)14-3-1-2-13(10-14)16(25)22-11-12-4-7-21-8-5-12/h1-4,6,9-10,21H,5,7-8,11H2,(H,22,25). The molecule has 1 aromatic heterocycles. The molecule has 0 spiro atoms. The average Bonchev–Trinajstić information content (AvgIpc) is 3.11. The molecule has 2 aromatic rings. The monoisotopic (exact) mass is 350 g/mol. The van der Waals surface area contributed by atoms with E-state index in [4.69, 9.17) is 0 Å². The lowest BCUT2D eigenvalue weighted by molar-refractivity contribution is -0.141. The van der Waals surface area contributed by atoms with E-state index in [0.29, 0.717) is 17.8 Å². The summed E-state index contributed by atoms with van der Waals surface area (Å²) in [6, 6.07) is 7.24. The first-order valence-corrected chi connectivity index (χ1v) is 7.83. The highest BCUT2D eigenvalue weighted by atomic mass is 19.4. The van der Waals surface area contributed by atoms with Crippen molar-refractivity contribution in [3.63, 3.8) is 0 Å². The highest BCUT2D eigenvalue weighted by Crippen LogP contribution is 2.27. The quantitative estimate of drug-likeness (QED) is 0.833. The fourth-order valence-electron chi connectivity index (χ4n) is 2.53. The van der Waals surface area contributed by atoms with Gasteiger partial charge in [0.05, 0.1) is 5.69 Å². The Morgan fingerprint density at radius 1 is 1.32 bits per heavy atom. The number of carbonyl (C=O) groups is 1. The number of nitrogens with one attached hydrogen (secondary N) is 2. The van der Waals surface area contributed by atoms with E-state index < -0.39 is 11.9 Å². The Labute approximate surface area is 142 Å². The molecular weight excluding hydrogens is 333 g/mol. The van der Waals surface area contributed by atoms with Gasteiger partial charge in [0, 0.05) is 24.8 Å². The van der Waals surface area contributed by atoms with Crippen molar-refractivity contribution in [3.05, 3.63) is 59.4 Å². The summed E-state index contributed by atoms with van der Waals surface area (Å²) >= 11 is 0. The van der Waals surface area contributed by atoms with E-state index in [9.17, 15) is 18.0 Å². The number of halogens is 3. The zero-order valence-electron chi connectivity index (χ0n) is 13.3. The Kier molecular flexibility index (Phi) is 4.89. The van der Waals surface area contributed by atoms with Crippen LogP contribution in [-0.4, -0.2) is 35.3 Å². The maximum Gasteiger partial charge on any atom is 0.435 e. The lowest BCUT2D eigenvalue weighted by Gasteiger charge is -2.14. The highest BCUT2D eigenvalue weighted by molar-refractivity contribution is 5.94. The zero-order valence-corrected chi connectivity index (χ0v) is 13.3. The van der Waals surface area contributed by atoms with Gasteiger partial charge in [-0.25, -0.2) is 4.68 Å². The summed E-state index contributed by atoms with van der Waals surface area (Å²) in [7, 11) is 0. The SMILES string of the molecule is O=C(NCC1=CCNCC1)c1cccc(-n2ccc(C(F)(F)F)n2)c1. The van der Waals surface area contributed by atoms with E-state index in [1.807, 2.05) is 6.08 Å². The van der Waals surface area contributed by atoms with Gasteiger partial charge >= 0.3 is 6.18 Å². The number of amides is 1. The minimum absolute atomic E-state index is 0.274. The number of hydrogen-bond donors (Lipinski definition) is 2. The molecule has 25 heavy (non-hydrogen) atoms. The fourth-order valence-corrected chi connectivity index (χ4v) is 2.53. The molecule has 0 radical (unpaired) electrons. The van der Waals surface area contributed by atoms with Crippen molar-refractivity contribution >= 4 is 5.91 Å². The molecule has 0 unspecified atom stereocenters. The maximum absolute atomic E-state index is 12.7. The van der Waals surface area contributed by atoms with Crippen molar-refractivity contribution in [3.8, 4) is 5.69 Å². The third-order valence-corrected chi connectivity index (χ3v) is 3.89. The van der Waals surface area contributed by atoms with Gasteiger partial charge in [0.2, 0.25) is 0 Å². The Bertz CT molecular complexity index is 795. The Morgan fingerprint density at radius 2 is 2.16 bits per heavy atom. The van der Waals surface area contributed by atoms with Crippen molar-refractivity contribution in [2.24, 2.45) is 0 Å². The van der Waals surface area contributed by atoms with Crippen LogP contribution in [0.4, 0.5) is 13.2 Å². The third-order valence-electron chi connectivity index (χ3n) is 3.89. The Balaban J connectivity index is 1.71. The van der Waals surface area contributed by atoms with Gasteiger partial charge in [0.15, 0.2) is 5.69 Å². The normalized spacial score (nSPS) is 14.9. The van der Waals surface area contributed by atoms with Crippen molar-refractivity contribution in [1.29, 1.82) is 0 Å².